The number of hydrogen-bond acceptors (Lipinski definition) is 8. The smallest absolute Gasteiger partial charge is 0.338 e. The van der Waals surface area contributed by atoms with Crippen molar-refractivity contribution in [3.63, 3.8) is 0 Å². The van der Waals surface area contributed by atoms with Gasteiger partial charge in [-0.15, -0.1) is 0 Å². The molecule has 0 radical (unpaired) electrons. The van der Waals surface area contributed by atoms with Crippen molar-refractivity contribution in [2.24, 2.45) is 0 Å². The van der Waals surface area contributed by atoms with Crippen LogP contribution in [0.3, 0.4) is 0 Å². The number of nitrogens with zero attached hydrogens (tertiary/aromatic N) is 2. The van der Waals surface area contributed by atoms with Gasteiger partial charge in [0.05, 0.1) is 23.7 Å². The second-order valence-electron chi connectivity index (χ2n) is 6.00. The number of nitro groups is 1. The molecule has 27 heavy (non-hydrogen) atoms. The Bertz CT molecular complexity index is 894. The Morgan fingerprint density at radius 1 is 1.33 bits per heavy atom. The first kappa shape index (κ1) is 19.9. The lowest BCUT2D eigenvalue weighted by molar-refractivity contribution is -0.484. The maximum Gasteiger partial charge on any atom is 0.338 e. The highest BCUT2D eigenvalue weighted by Gasteiger charge is 2.31. The SMILES string of the molecule is CCOC(=O)c1ccc(C(C)C(C[N+](=O)[O-])c2c(N)nc(N)[nH]c2=O)cc1. The van der Waals surface area contributed by atoms with Crippen LogP contribution in [0.25, 0.3) is 0 Å². The molecule has 0 aliphatic carbocycles. The maximum absolute atomic E-state index is 12.3. The van der Waals surface area contributed by atoms with Crippen molar-refractivity contribution in [1.29, 1.82) is 0 Å². The Balaban J connectivity index is 2.41. The standard InChI is InChI=1S/C17H21N5O5/c1-3-27-16(24)11-6-4-10(5-7-11)9(2)12(8-22(25)26)13-14(18)20-17(19)21-15(13)23/h4-7,9,12H,3,8H2,1-2H3,(H5,18,19,20,21,23). The molecule has 0 aliphatic rings. The fraction of sp³-hybridized carbons (Fsp3) is 0.353. The van der Waals surface area contributed by atoms with E-state index in [1.807, 2.05) is 0 Å². The summed E-state index contributed by atoms with van der Waals surface area (Å²) >= 11 is 0. The molecule has 10 nitrogen and oxygen atoms in total. The summed E-state index contributed by atoms with van der Waals surface area (Å²) in [6.07, 6.45) is 0. The summed E-state index contributed by atoms with van der Waals surface area (Å²) in [5.41, 5.74) is 11.8. The minimum atomic E-state index is -0.828. The number of rotatable bonds is 7. The summed E-state index contributed by atoms with van der Waals surface area (Å²) in [6.45, 7) is 3.19. The number of aromatic nitrogens is 2. The monoisotopic (exact) mass is 375 g/mol. The highest BCUT2D eigenvalue weighted by atomic mass is 16.6. The normalized spacial score (nSPS) is 13.0. The van der Waals surface area contributed by atoms with Gasteiger partial charge < -0.3 is 16.2 Å². The maximum atomic E-state index is 12.3. The molecular weight excluding hydrogens is 354 g/mol. The average molecular weight is 375 g/mol. The second kappa shape index (κ2) is 8.30. The third-order valence-electron chi connectivity index (χ3n) is 4.27. The first-order valence-electron chi connectivity index (χ1n) is 8.28. The van der Waals surface area contributed by atoms with E-state index >= 15 is 0 Å². The van der Waals surface area contributed by atoms with E-state index in [9.17, 15) is 19.7 Å². The van der Waals surface area contributed by atoms with E-state index in [1.54, 1.807) is 38.1 Å². The van der Waals surface area contributed by atoms with Gasteiger partial charge in [-0.25, -0.2) is 4.79 Å². The number of ether oxygens (including phenoxy) is 1. The number of nitrogens with two attached hydrogens (primary N) is 2. The summed E-state index contributed by atoms with van der Waals surface area (Å²) in [4.78, 5) is 40.8. The molecule has 1 heterocycles. The molecule has 0 saturated carbocycles. The van der Waals surface area contributed by atoms with E-state index in [0.717, 1.165) is 0 Å². The molecule has 2 atom stereocenters. The molecular formula is C17H21N5O5. The Hall–Kier alpha value is -3.43. The number of nitrogen functional groups attached to an aromatic ring is 2. The molecule has 2 aromatic rings. The minimum absolute atomic E-state index is 0.0165. The van der Waals surface area contributed by atoms with Crippen LogP contribution >= 0.6 is 0 Å². The van der Waals surface area contributed by atoms with Crippen molar-refractivity contribution in [1.82, 2.24) is 9.97 Å². The lowest BCUT2D eigenvalue weighted by Crippen LogP contribution is -2.28. The molecule has 10 heteroatoms. The van der Waals surface area contributed by atoms with E-state index in [2.05, 4.69) is 9.97 Å². The number of carbonyl (C=O) groups excluding carboxylic acids is 1. The quantitative estimate of drug-likeness (QED) is 0.369. The largest absolute Gasteiger partial charge is 0.462 e. The van der Waals surface area contributed by atoms with E-state index in [4.69, 9.17) is 16.2 Å². The lowest BCUT2D eigenvalue weighted by Gasteiger charge is -2.22. The molecule has 2 rings (SSSR count). The molecule has 5 N–H and O–H groups in total. The Morgan fingerprint density at radius 3 is 2.48 bits per heavy atom. The number of hydrogen-bond donors (Lipinski definition) is 3. The van der Waals surface area contributed by atoms with Gasteiger partial charge in [0, 0.05) is 4.92 Å². The van der Waals surface area contributed by atoms with Gasteiger partial charge in [0.1, 0.15) is 5.82 Å². The van der Waals surface area contributed by atoms with Gasteiger partial charge in [-0.2, -0.15) is 4.98 Å². The number of carbonyl (C=O) groups is 1. The minimum Gasteiger partial charge on any atom is -0.462 e. The van der Waals surface area contributed by atoms with Crippen LogP contribution in [0.5, 0.6) is 0 Å². The molecule has 1 aromatic carbocycles. The first-order valence-corrected chi connectivity index (χ1v) is 8.28. The number of H-pyrrole nitrogens is 1. The highest BCUT2D eigenvalue weighted by Crippen LogP contribution is 2.33. The van der Waals surface area contributed by atoms with Crippen LogP contribution in [-0.4, -0.2) is 34.0 Å². The Morgan fingerprint density at radius 2 is 1.96 bits per heavy atom. The summed E-state index contributed by atoms with van der Waals surface area (Å²) in [5.74, 6) is -2.03. The van der Waals surface area contributed by atoms with Crippen LogP contribution in [0.15, 0.2) is 29.1 Å². The van der Waals surface area contributed by atoms with Crippen molar-refractivity contribution in [2.45, 2.75) is 25.7 Å². The fourth-order valence-electron chi connectivity index (χ4n) is 2.91. The molecule has 144 valence electrons. The van der Waals surface area contributed by atoms with Crippen LogP contribution < -0.4 is 17.0 Å². The number of aromatic amines is 1. The highest BCUT2D eigenvalue weighted by molar-refractivity contribution is 5.89. The molecule has 0 aliphatic heterocycles. The number of anilines is 2. The molecule has 2 unspecified atom stereocenters. The topological polar surface area (TPSA) is 167 Å². The van der Waals surface area contributed by atoms with Crippen LogP contribution in [0.2, 0.25) is 0 Å². The van der Waals surface area contributed by atoms with Gasteiger partial charge in [-0.05, 0) is 30.5 Å². The third kappa shape index (κ3) is 4.60. The van der Waals surface area contributed by atoms with Gasteiger partial charge in [0.15, 0.2) is 0 Å². The van der Waals surface area contributed by atoms with E-state index in [-0.39, 0.29) is 23.9 Å². The fourth-order valence-corrected chi connectivity index (χ4v) is 2.91. The van der Waals surface area contributed by atoms with E-state index in [0.29, 0.717) is 11.1 Å². The average Bonchev–Trinajstić information content (AvgIpc) is 2.59. The molecule has 1 aromatic heterocycles. The van der Waals surface area contributed by atoms with Crippen LogP contribution in [0.1, 0.15) is 47.2 Å². The number of benzene rings is 1. The number of esters is 1. The number of nitrogens with one attached hydrogen (secondary N) is 1. The zero-order valence-corrected chi connectivity index (χ0v) is 15.0. The molecule has 0 bridgehead atoms. The van der Waals surface area contributed by atoms with E-state index in [1.165, 1.54) is 0 Å². The second-order valence-corrected chi connectivity index (χ2v) is 6.00. The van der Waals surface area contributed by atoms with Crippen LogP contribution in [-0.2, 0) is 4.74 Å². The summed E-state index contributed by atoms with van der Waals surface area (Å²) in [6, 6.07) is 6.47. The summed E-state index contributed by atoms with van der Waals surface area (Å²) < 4.78 is 4.93. The Kier molecular flexibility index (Phi) is 6.11. The molecule has 0 saturated heterocycles. The van der Waals surface area contributed by atoms with Crippen molar-refractivity contribution >= 4 is 17.7 Å². The zero-order valence-electron chi connectivity index (χ0n) is 15.0. The van der Waals surface area contributed by atoms with Gasteiger partial charge in [-0.3, -0.25) is 19.9 Å². The van der Waals surface area contributed by atoms with Gasteiger partial charge >= 0.3 is 5.97 Å². The summed E-state index contributed by atoms with van der Waals surface area (Å²) in [7, 11) is 0. The predicted octanol–water partition coefficient (Wildman–Crippen LogP) is 1.27. The van der Waals surface area contributed by atoms with Crippen molar-refractivity contribution in [3.8, 4) is 0 Å². The predicted molar refractivity (Wildman–Crippen MR) is 99.1 cm³/mol. The molecule has 0 amide bonds. The molecule has 0 spiro atoms. The summed E-state index contributed by atoms with van der Waals surface area (Å²) in [5, 5.41) is 11.2. The zero-order chi connectivity index (χ0) is 20.1. The van der Waals surface area contributed by atoms with Gasteiger partial charge in [0.2, 0.25) is 12.5 Å². The molecule has 0 fully saturated rings. The third-order valence-corrected chi connectivity index (χ3v) is 4.27. The van der Waals surface area contributed by atoms with Gasteiger partial charge in [-0.1, -0.05) is 19.1 Å². The van der Waals surface area contributed by atoms with Crippen LogP contribution in [0.4, 0.5) is 11.8 Å². The van der Waals surface area contributed by atoms with Crippen molar-refractivity contribution in [2.75, 3.05) is 24.6 Å². The van der Waals surface area contributed by atoms with E-state index < -0.39 is 34.8 Å². The van der Waals surface area contributed by atoms with Crippen molar-refractivity contribution in [3.05, 3.63) is 61.4 Å². The van der Waals surface area contributed by atoms with Crippen molar-refractivity contribution < 1.29 is 14.5 Å². The lowest BCUT2D eigenvalue weighted by atomic mass is 9.83. The first-order chi connectivity index (χ1) is 12.7. The van der Waals surface area contributed by atoms with Crippen LogP contribution in [0, 0.1) is 10.1 Å². The van der Waals surface area contributed by atoms with Gasteiger partial charge in [0.25, 0.3) is 5.56 Å². The Labute approximate surface area is 154 Å².